The molecule has 0 saturated carbocycles. The fourth-order valence-corrected chi connectivity index (χ4v) is 1.57. The molecule has 108 valence electrons. The summed E-state index contributed by atoms with van der Waals surface area (Å²) in [6.45, 7) is 7.24. The summed E-state index contributed by atoms with van der Waals surface area (Å²) in [5.41, 5.74) is 6.64. The van der Waals surface area contributed by atoms with Gasteiger partial charge in [0.2, 0.25) is 0 Å². The number of hydrogen-bond acceptors (Lipinski definition) is 5. The maximum atomic E-state index is 12.0. The van der Waals surface area contributed by atoms with Crippen molar-refractivity contribution in [2.24, 2.45) is 11.1 Å². The average molecular weight is 269 g/mol. The van der Waals surface area contributed by atoms with Crippen LogP contribution in [0.1, 0.15) is 42.1 Å². The number of methoxy groups -OCH3 is 1. The molecule has 1 unspecified atom stereocenters. The summed E-state index contributed by atoms with van der Waals surface area (Å²) in [6, 6.07) is 0. The second kappa shape index (κ2) is 6.68. The van der Waals surface area contributed by atoms with E-state index >= 15 is 0 Å². The lowest BCUT2D eigenvalue weighted by molar-refractivity contribution is 0.0923. The van der Waals surface area contributed by atoms with Crippen LogP contribution in [0.3, 0.4) is 0 Å². The Morgan fingerprint density at radius 2 is 2.26 bits per heavy atom. The number of nitrogens with two attached hydrogens (primary N) is 1. The summed E-state index contributed by atoms with van der Waals surface area (Å²) in [5.74, 6) is 0.335. The minimum absolute atomic E-state index is 0.0946. The smallest absolute Gasteiger partial charge is 0.273 e. The third kappa shape index (κ3) is 3.78. The van der Waals surface area contributed by atoms with Crippen LogP contribution < -0.4 is 11.1 Å². The normalized spacial score (nSPS) is 14.2. The van der Waals surface area contributed by atoms with E-state index in [1.165, 1.54) is 0 Å². The molecule has 1 heterocycles. The van der Waals surface area contributed by atoms with Gasteiger partial charge in [0, 0.05) is 19.2 Å². The summed E-state index contributed by atoms with van der Waals surface area (Å²) in [5, 5.41) is 6.64. The number of hydrogen-bond donors (Lipinski definition) is 2. The summed E-state index contributed by atoms with van der Waals surface area (Å²) in [4.78, 5) is 12.0. The average Bonchev–Trinajstić information content (AvgIpc) is 2.78. The molecule has 6 heteroatoms. The first kappa shape index (κ1) is 15.7. The Balaban J connectivity index is 2.69. The second-order valence-corrected chi connectivity index (χ2v) is 5.06. The van der Waals surface area contributed by atoms with Crippen LogP contribution in [0.4, 0.5) is 0 Å². The van der Waals surface area contributed by atoms with Gasteiger partial charge in [-0.1, -0.05) is 19.0 Å². The van der Waals surface area contributed by atoms with E-state index in [4.69, 9.17) is 15.0 Å². The molecule has 6 nitrogen and oxygen atoms in total. The molecule has 3 N–H and O–H groups in total. The number of ether oxygens (including phenoxy) is 1. The SMILES string of the molecule is CCC(C)(CN)CNC(=O)c1noc(COC)c1C. The molecule has 1 aromatic rings. The number of amides is 1. The molecule has 1 amide bonds. The molecule has 1 aromatic heterocycles. The lowest BCUT2D eigenvalue weighted by Crippen LogP contribution is -2.40. The van der Waals surface area contributed by atoms with Crippen LogP contribution in [0.2, 0.25) is 0 Å². The molecular weight excluding hydrogens is 246 g/mol. The standard InChI is InChI=1S/C13H23N3O3/c1-5-13(3,7-14)8-15-12(17)11-9(2)10(6-18-4)19-16-11/h5-8,14H2,1-4H3,(H,15,17). The van der Waals surface area contributed by atoms with Crippen LogP contribution in [0.5, 0.6) is 0 Å². The zero-order valence-electron chi connectivity index (χ0n) is 12.1. The van der Waals surface area contributed by atoms with Crippen molar-refractivity contribution in [2.45, 2.75) is 33.8 Å². The molecule has 0 aromatic carbocycles. The summed E-state index contributed by atoms with van der Waals surface area (Å²) in [6.07, 6.45) is 0.899. The van der Waals surface area contributed by atoms with Crippen molar-refractivity contribution in [2.75, 3.05) is 20.2 Å². The van der Waals surface area contributed by atoms with E-state index in [9.17, 15) is 4.79 Å². The van der Waals surface area contributed by atoms with Crippen LogP contribution in [0.25, 0.3) is 0 Å². The van der Waals surface area contributed by atoms with Crippen LogP contribution in [0, 0.1) is 12.3 Å². The molecule has 0 aliphatic rings. The van der Waals surface area contributed by atoms with E-state index in [-0.39, 0.29) is 11.3 Å². The number of nitrogens with one attached hydrogen (secondary N) is 1. The maximum Gasteiger partial charge on any atom is 0.273 e. The lowest BCUT2D eigenvalue weighted by atomic mass is 9.88. The number of aromatic nitrogens is 1. The molecule has 0 fully saturated rings. The van der Waals surface area contributed by atoms with Crippen LogP contribution in [0.15, 0.2) is 4.52 Å². The van der Waals surface area contributed by atoms with Gasteiger partial charge in [-0.05, 0) is 25.3 Å². The molecule has 1 rings (SSSR count). The Morgan fingerprint density at radius 3 is 2.79 bits per heavy atom. The molecule has 0 radical (unpaired) electrons. The first-order valence-electron chi connectivity index (χ1n) is 6.39. The Hall–Kier alpha value is -1.40. The van der Waals surface area contributed by atoms with Gasteiger partial charge in [0.25, 0.3) is 5.91 Å². The van der Waals surface area contributed by atoms with Crippen molar-refractivity contribution < 1.29 is 14.1 Å². The minimum Gasteiger partial charge on any atom is -0.377 e. The highest BCUT2D eigenvalue weighted by Crippen LogP contribution is 2.18. The third-order valence-corrected chi connectivity index (χ3v) is 3.53. The predicted molar refractivity (Wildman–Crippen MR) is 71.7 cm³/mol. The fourth-order valence-electron chi connectivity index (χ4n) is 1.57. The molecule has 0 spiro atoms. The molecule has 0 aliphatic carbocycles. The second-order valence-electron chi connectivity index (χ2n) is 5.06. The minimum atomic E-state index is -0.239. The van der Waals surface area contributed by atoms with Crippen LogP contribution >= 0.6 is 0 Å². The summed E-state index contributed by atoms with van der Waals surface area (Å²) < 4.78 is 10.0. The van der Waals surface area contributed by atoms with Crippen molar-refractivity contribution >= 4 is 5.91 Å². The predicted octanol–water partition coefficient (Wildman–Crippen LogP) is 1.23. The number of carbonyl (C=O) groups excluding carboxylic acids is 1. The van der Waals surface area contributed by atoms with Crippen LogP contribution in [-0.4, -0.2) is 31.3 Å². The van der Waals surface area contributed by atoms with E-state index < -0.39 is 0 Å². The van der Waals surface area contributed by atoms with Gasteiger partial charge in [0.05, 0.1) is 0 Å². The Bertz CT molecular complexity index is 425. The monoisotopic (exact) mass is 269 g/mol. The van der Waals surface area contributed by atoms with Crippen molar-refractivity contribution in [1.82, 2.24) is 10.5 Å². The van der Waals surface area contributed by atoms with Gasteiger partial charge in [-0.15, -0.1) is 0 Å². The van der Waals surface area contributed by atoms with Crippen molar-refractivity contribution in [3.63, 3.8) is 0 Å². The molecule has 0 aliphatic heterocycles. The fraction of sp³-hybridized carbons (Fsp3) is 0.692. The highest BCUT2D eigenvalue weighted by molar-refractivity contribution is 5.93. The van der Waals surface area contributed by atoms with Gasteiger partial charge in [0.1, 0.15) is 6.61 Å². The van der Waals surface area contributed by atoms with E-state index in [0.29, 0.717) is 36.7 Å². The molecule has 19 heavy (non-hydrogen) atoms. The van der Waals surface area contributed by atoms with Gasteiger partial charge in [-0.2, -0.15) is 0 Å². The van der Waals surface area contributed by atoms with E-state index in [0.717, 1.165) is 6.42 Å². The molecule has 1 atom stereocenters. The van der Waals surface area contributed by atoms with Crippen molar-refractivity contribution in [1.29, 1.82) is 0 Å². The van der Waals surface area contributed by atoms with Gasteiger partial charge in [-0.3, -0.25) is 4.79 Å². The Morgan fingerprint density at radius 1 is 1.58 bits per heavy atom. The number of nitrogens with zero attached hydrogens (tertiary/aromatic N) is 1. The Labute approximate surface area is 113 Å². The topological polar surface area (TPSA) is 90.4 Å². The van der Waals surface area contributed by atoms with Gasteiger partial charge in [-0.25, -0.2) is 0 Å². The quantitative estimate of drug-likeness (QED) is 0.777. The summed E-state index contributed by atoms with van der Waals surface area (Å²) in [7, 11) is 1.57. The third-order valence-electron chi connectivity index (χ3n) is 3.53. The Kier molecular flexibility index (Phi) is 5.50. The first-order chi connectivity index (χ1) is 8.97. The van der Waals surface area contributed by atoms with Crippen LogP contribution in [-0.2, 0) is 11.3 Å². The van der Waals surface area contributed by atoms with Gasteiger partial charge >= 0.3 is 0 Å². The van der Waals surface area contributed by atoms with E-state index in [2.05, 4.69) is 17.4 Å². The lowest BCUT2D eigenvalue weighted by Gasteiger charge is -2.26. The zero-order valence-corrected chi connectivity index (χ0v) is 12.1. The van der Waals surface area contributed by atoms with Gasteiger partial charge in [0.15, 0.2) is 11.5 Å². The zero-order chi connectivity index (χ0) is 14.5. The highest BCUT2D eigenvalue weighted by Gasteiger charge is 2.23. The van der Waals surface area contributed by atoms with Crippen molar-refractivity contribution in [3.05, 3.63) is 17.0 Å². The molecular formula is C13H23N3O3. The highest BCUT2D eigenvalue weighted by atomic mass is 16.5. The van der Waals surface area contributed by atoms with E-state index in [1.807, 2.05) is 6.92 Å². The summed E-state index contributed by atoms with van der Waals surface area (Å²) >= 11 is 0. The largest absolute Gasteiger partial charge is 0.377 e. The molecule has 0 bridgehead atoms. The molecule has 0 saturated heterocycles. The van der Waals surface area contributed by atoms with Crippen molar-refractivity contribution in [3.8, 4) is 0 Å². The number of carbonyl (C=O) groups is 1. The van der Waals surface area contributed by atoms with E-state index in [1.54, 1.807) is 14.0 Å². The maximum absolute atomic E-state index is 12.0. The van der Waals surface area contributed by atoms with Gasteiger partial charge < -0.3 is 20.3 Å². The number of rotatable bonds is 7. The first-order valence-corrected chi connectivity index (χ1v) is 6.39.